The molecule has 0 aromatic carbocycles. The van der Waals surface area contributed by atoms with Gasteiger partial charge in [-0.2, -0.15) is 0 Å². The van der Waals surface area contributed by atoms with E-state index >= 15 is 0 Å². The van der Waals surface area contributed by atoms with Crippen molar-refractivity contribution in [1.82, 2.24) is 10.2 Å². The lowest BCUT2D eigenvalue weighted by molar-refractivity contribution is 0.277. The zero-order chi connectivity index (χ0) is 13.6. The van der Waals surface area contributed by atoms with Gasteiger partial charge in [-0.05, 0) is 63.6 Å². The molecular formula is C16H34N2. The minimum atomic E-state index is 0.473. The number of hydrogen-bond acceptors (Lipinski definition) is 2. The monoisotopic (exact) mass is 254 g/mol. The first-order valence-corrected chi connectivity index (χ1v) is 7.82. The summed E-state index contributed by atoms with van der Waals surface area (Å²) in [5.74, 6) is 0.830. The molecule has 0 spiro atoms. The highest BCUT2D eigenvalue weighted by molar-refractivity contribution is 4.73. The molecule has 18 heavy (non-hydrogen) atoms. The molecule has 1 fully saturated rings. The van der Waals surface area contributed by atoms with E-state index < -0.39 is 0 Å². The fraction of sp³-hybridized carbons (Fsp3) is 1.00. The van der Waals surface area contributed by atoms with E-state index in [0.717, 1.165) is 5.92 Å². The molecule has 0 amide bonds. The molecule has 108 valence electrons. The van der Waals surface area contributed by atoms with Crippen LogP contribution in [0.4, 0.5) is 0 Å². The fourth-order valence-corrected chi connectivity index (χ4v) is 3.14. The van der Waals surface area contributed by atoms with E-state index in [2.05, 4.69) is 44.8 Å². The molecule has 2 atom stereocenters. The van der Waals surface area contributed by atoms with Crippen LogP contribution in [0.1, 0.15) is 60.3 Å². The summed E-state index contributed by atoms with van der Waals surface area (Å²) in [6.07, 6.45) is 5.43. The van der Waals surface area contributed by atoms with Crippen LogP contribution in [0.3, 0.4) is 0 Å². The van der Waals surface area contributed by atoms with Crippen LogP contribution in [0.5, 0.6) is 0 Å². The minimum absolute atomic E-state index is 0.473. The van der Waals surface area contributed by atoms with Crippen molar-refractivity contribution in [3.63, 3.8) is 0 Å². The highest BCUT2D eigenvalue weighted by Gasteiger charge is 2.16. The van der Waals surface area contributed by atoms with Gasteiger partial charge in [0.2, 0.25) is 0 Å². The highest BCUT2D eigenvalue weighted by Crippen LogP contribution is 2.25. The summed E-state index contributed by atoms with van der Waals surface area (Å²) in [5, 5.41) is 3.68. The van der Waals surface area contributed by atoms with Gasteiger partial charge < -0.3 is 10.2 Å². The molecule has 0 aromatic heterocycles. The zero-order valence-electron chi connectivity index (χ0n) is 13.3. The predicted molar refractivity (Wildman–Crippen MR) is 81.0 cm³/mol. The van der Waals surface area contributed by atoms with Gasteiger partial charge >= 0.3 is 0 Å². The standard InChI is InChI=1S/C16H34N2/c1-14(12-16(3,4)5)8-9-17-15(2)13-18-10-6-7-11-18/h14-15,17H,6-13H2,1-5H3. The number of nitrogens with zero attached hydrogens (tertiary/aromatic N) is 1. The molecule has 1 N–H and O–H groups in total. The smallest absolute Gasteiger partial charge is 0.0166 e. The van der Waals surface area contributed by atoms with E-state index in [4.69, 9.17) is 0 Å². The van der Waals surface area contributed by atoms with Crippen LogP contribution < -0.4 is 5.32 Å². The Bertz CT molecular complexity index is 214. The molecule has 1 aliphatic rings. The van der Waals surface area contributed by atoms with Crippen molar-refractivity contribution in [3.8, 4) is 0 Å². The van der Waals surface area contributed by atoms with Crippen LogP contribution in [-0.2, 0) is 0 Å². The number of rotatable bonds is 7. The summed E-state index contributed by atoms with van der Waals surface area (Å²) in [7, 11) is 0. The van der Waals surface area contributed by atoms with Gasteiger partial charge in [0.1, 0.15) is 0 Å². The van der Waals surface area contributed by atoms with Crippen LogP contribution in [0.2, 0.25) is 0 Å². The summed E-state index contributed by atoms with van der Waals surface area (Å²) in [4.78, 5) is 2.59. The zero-order valence-corrected chi connectivity index (χ0v) is 13.3. The van der Waals surface area contributed by atoms with Gasteiger partial charge in [0.05, 0.1) is 0 Å². The van der Waals surface area contributed by atoms with Crippen molar-refractivity contribution in [1.29, 1.82) is 0 Å². The third kappa shape index (κ3) is 7.38. The lowest BCUT2D eigenvalue weighted by Gasteiger charge is -2.25. The maximum atomic E-state index is 3.68. The van der Waals surface area contributed by atoms with Crippen molar-refractivity contribution in [2.75, 3.05) is 26.2 Å². The van der Waals surface area contributed by atoms with Crippen LogP contribution >= 0.6 is 0 Å². The molecule has 0 aromatic rings. The topological polar surface area (TPSA) is 15.3 Å². The van der Waals surface area contributed by atoms with Crippen molar-refractivity contribution in [2.24, 2.45) is 11.3 Å². The average Bonchev–Trinajstić information content (AvgIpc) is 2.67. The highest BCUT2D eigenvalue weighted by atomic mass is 15.2. The molecule has 0 bridgehead atoms. The normalized spacial score (nSPS) is 21.2. The van der Waals surface area contributed by atoms with Crippen molar-refractivity contribution in [3.05, 3.63) is 0 Å². The van der Waals surface area contributed by atoms with Crippen molar-refractivity contribution in [2.45, 2.75) is 66.3 Å². The van der Waals surface area contributed by atoms with Crippen molar-refractivity contribution >= 4 is 0 Å². The summed E-state index contributed by atoms with van der Waals surface area (Å²) >= 11 is 0. The van der Waals surface area contributed by atoms with Gasteiger partial charge in [0.15, 0.2) is 0 Å². The van der Waals surface area contributed by atoms with Gasteiger partial charge in [0, 0.05) is 12.6 Å². The van der Waals surface area contributed by atoms with E-state index in [1.165, 1.54) is 51.9 Å². The average molecular weight is 254 g/mol. The number of likely N-dealkylation sites (tertiary alicyclic amines) is 1. The Morgan fingerprint density at radius 1 is 1.11 bits per heavy atom. The van der Waals surface area contributed by atoms with Gasteiger partial charge in [-0.25, -0.2) is 0 Å². The Morgan fingerprint density at radius 2 is 1.72 bits per heavy atom. The van der Waals surface area contributed by atoms with Gasteiger partial charge in [-0.1, -0.05) is 27.7 Å². The molecule has 0 radical (unpaired) electrons. The number of hydrogen-bond donors (Lipinski definition) is 1. The lowest BCUT2D eigenvalue weighted by atomic mass is 9.84. The molecule has 0 saturated carbocycles. The van der Waals surface area contributed by atoms with E-state index in [0.29, 0.717) is 11.5 Å². The SMILES string of the molecule is CC(CCNC(C)CN1CCCC1)CC(C)(C)C. The van der Waals surface area contributed by atoms with E-state index in [-0.39, 0.29) is 0 Å². The minimum Gasteiger partial charge on any atom is -0.313 e. The van der Waals surface area contributed by atoms with Crippen LogP contribution in [-0.4, -0.2) is 37.1 Å². The van der Waals surface area contributed by atoms with E-state index in [9.17, 15) is 0 Å². The molecule has 0 aliphatic carbocycles. The molecule has 1 saturated heterocycles. The molecule has 2 nitrogen and oxygen atoms in total. The first kappa shape index (κ1) is 16.0. The third-order valence-electron chi connectivity index (χ3n) is 3.82. The fourth-order valence-electron chi connectivity index (χ4n) is 3.14. The Hall–Kier alpha value is -0.0800. The van der Waals surface area contributed by atoms with E-state index in [1.807, 2.05) is 0 Å². The van der Waals surface area contributed by atoms with Crippen molar-refractivity contribution < 1.29 is 0 Å². The van der Waals surface area contributed by atoms with Crippen LogP contribution in [0, 0.1) is 11.3 Å². The molecule has 2 unspecified atom stereocenters. The van der Waals surface area contributed by atoms with Crippen LogP contribution in [0.25, 0.3) is 0 Å². The second kappa shape index (κ2) is 7.49. The Balaban J connectivity index is 2.05. The molecule has 1 rings (SSSR count). The van der Waals surface area contributed by atoms with Gasteiger partial charge in [-0.3, -0.25) is 0 Å². The Kier molecular flexibility index (Phi) is 6.65. The summed E-state index contributed by atoms with van der Waals surface area (Å²) in [6.45, 7) is 16.8. The summed E-state index contributed by atoms with van der Waals surface area (Å²) < 4.78 is 0. The number of nitrogens with one attached hydrogen (secondary N) is 1. The third-order valence-corrected chi connectivity index (χ3v) is 3.82. The lowest BCUT2D eigenvalue weighted by Crippen LogP contribution is -2.38. The molecule has 1 heterocycles. The van der Waals surface area contributed by atoms with Gasteiger partial charge in [-0.15, -0.1) is 0 Å². The Labute approximate surface area is 115 Å². The predicted octanol–water partition coefficient (Wildman–Crippen LogP) is 3.52. The first-order valence-electron chi connectivity index (χ1n) is 7.82. The largest absolute Gasteiger partial charge is 0.313 e. The Morgan fingerprint density at radius 3 is 2.28 bits per heavy atom. The quantitative estimate of drug-likeness (QED) is 0.748. The van der Waals surface area contributed by atoms with E-state index in [1.54, 1.807) is 0 Å². The maximum Gasteiger partial charge on any atom is 0.0166 e. The summed E-state index contributed by atoms with van der Waals surface area (Å²) in [6, 6.07) is 0.643. The first-order chi connectivity index (χ1) is 8.37. The van der Waals surface area contributed by atoms with Crippen LogP contribution in [0.15, 0.2) is 0 Å². The molecule has 1 aliphatic heterocycles. The molecular weight excluding hydrogens is 220 g/mol. The second-order valence-corrected chi connectivity index (χ2v) is 7.52. The van der Waals surface area contributed by atoms with Gasteiger partial charge in [0.25, 0.3) is 0 Å². The summed E-state index contributed by atoms with van der Waals surface area (Å²) in [5.41, 5.74) is 0.473. The second-order valence-electron chi connectivity index (χ2n) is 7.52. The maximum absolute atomic E-state index is 3.68. The molecule has 2 heteroatoms.